The molecule has 38 heavy (non-hydrogen) atoms. The smallest absolute Gasteiger partial charge is 0.417 e. The molecule has 0 saturated heterocycles. The van der Waals surface area contributed by atoms with Crippen molar-refractivity contribution < 1.29 is 13.6 Å². The van der Waals surface area contributed by atoms with Gasteiger partial charge in [-0.2, -0.15) is 0 Å². The van der Waals surface area contributed by atoms with Crippen LogP contribution >= 0.6 is 8.60 Å². The quantitative estimate of drug-likeness (QED) is 0.176. The highest BCUT2D eigenvalue weighted by molar-refractivity contribution is 7.42. The summed E-state index contributed by atoms with van der Waals surface area (Å²) < 4.78 is 20.0. The number of hydrogen-bond donors (Lipinski definition) is 0. The molecule has 3 nitrogen and oxygen atoms in total. The molecule has 0 N–H and O–H groups in total. The molecule has 212 valence electrons. The standard InChI is InChI=1S/C34H53O3P/c1-5-9-16-28-22-24-33(30(26-28)18-11-7-3)36-38(35-32-20-14-13-15-21-32)37-34-25-23-29(17-10-6-2)27-31(34)19-12-8-4/h22-27,32H,5-21H2,1-4H3. The first-order chi connectivity index (χ1) is 18.7. The predicted molar refractivity (Wildman–Crippen MR) is 163 cm³/mol. The third kappa shape index (κ3) is 10.5. The van der Waals surface area contributed by atoms with E-state index in [2.05, 4.69) is 64.1 Å². The van der Waals surface area contributed by atoms with Crippen molar-refractivity contribution in [1.82, 2.24) is 0 Å². The second-order valence-corrected chi connectivity index (χ2v) is 12.1. The Morgan fingerprint density at radius 2 is 1.05 bits per heavy atom. The van der Waals surface area contributed by atoms with E-state index in [0.29, 0.717) is 0 Å². The van der Waals surface area contributed by atoms with E-state index in [9.17, 15) is 0 Å². The fourth-order valence-corrected chi connectivity index (χ4v) is 6.41. The Balaban J connectivity index is 1.86. The topological polar surface area (TPSA) is 27.7 Å². The van der Waals surface area contributed by atoms with Crippen LogP contribution < -0.4 is 9.05 Å². The molecule has 2 aromatic carbocycles. The number of hydrogen-bond acceptors (Lipinski definition) is 3. The fourth-order valence-electron chi connectivity index (χ4n) is 5.16. The average Bonchev–Trinajstić information content (AvgIpc) is 2.95. The molecular weight excluding hydrogens is 487 g/mol. The second kappa shape index (κ2) is 17.9. The molecule has 0 aromatic heterocycles. The molecule has 1 fully saturated rings. The Kier molecular flexibility index (Phi) is 14.6. The predicted octanol–water partition coefficient (Wildman–Crippen LogP) is 11.1. The lowest BCUT2D eigenvalue weighted by Gasteiger charge is -2.27. The van der Waals surface area contributed by atoms with Crippen molar-refractivity contribution in [3.05, 3.63) is 58.7 Å². The van der Waals surface area contributed by atoms with Crippen LogP contribution in [-0.2, 0) is 30.2 Å². The Hall–Kier alpha value is -1.57. The minimum atomic E-state index is -1.54. The maximum atomic E-state index is 6.68. The van der Waals surface area contributed by atoms with E-state index >= 15 is 0 Å². The van der Waals surface area contributed by atoms with Crippen molar-refractivity contribution in [3.8, 4) is 11.5 Å². The lowest BCUT2D eigenvalue weighted by molar-refractivity contribution is 0.138. The lowest BCUT2D eigenvalue weighted by atomic mass is 9.98. The van der Waals surface area contributed by atoms with Crippen molar-refractivity contribution in [1.29, 1.82) is 0 Å². The van der Waals surface area contributed by atoms with Crippen LogP contribution in [0.2, 0.25) is 0 Å². The number of unbranched alkanes of at least 4 members (excludes halogenated alkanes) is 4. The maximum absolute atomic E-state index is 6.68. The average molecular weight is 541 g/mol. The van der Waals surface area contributed by atoms with Gasteiger partial charge >= 0.3 is 8.60 Å². The van der Waals surface area contributed by atoms with Gasteiger partial charge in [-0.15, -0.1) is 0 Å². The van der Waals surface area contributed by atoms with E-state index in [4.69, 9.17) is 13.6 Å². The van der Waals surface area contributed by atoms with Crippen LogP contribution in [0.3, 0.4) is 0 Å². The van der Waals surface area contributed by atoms with Crippen molar-refractivity contribution in [3.63, 3.8) is 0 Å². The van der Waals surface area contributed by atoms with E-state index in [1.165, 1.54) is 80.0 Å². The lowest BCUT2D eigenvalue weighted by Crippen LogP contribution is -2.17. The molecule has 0 unspecified atom stereocenters. The molecule has 1 saturated carbocycles. The van der Waals surface area contributed by atoms with Crippen LogP contribution in [0, 0.1) is 0 Å². The molecule has 1 aliphatic rings. The van der Waals surface area contributed by atoms with Gasteiger partial charge < -0.3 is 9.05 Å². The number of benzene rings is 2. The van der Waals surface area contributed by atoms with Crippen LogP contribution in [0.4, 0.5) is 0 Å². The van der Waals surface area contributed by atoms with Gasteiger partial charge in [0.25, 0.3) is 0 Å². The first kappa shape index (κ1) is 31.0. The monoisotopic (exact) mass is 540 g/mol. The molecule has 0 amide bonds. The third-order valence-corrected chi connectivity index (χ3v) is 8.78. The normalized spacial score (nSPS) is 14.2. The van der Waals surface area contributed by atoms with E-state index in [0.717, 1.165) is 62.9 Å². The third-order valence-electron chi connectivity index (χ3n) is 7.62. The minimum absolute atomic E-state index is 0.223. The number of rotatable bonds is 18. The minimum Gasteiger partial charge on any atom is -0.417 e. The van der Waals surface area contributed by atoms with E-state index in [1.54, 1.807) is 0 Å². The number of aryl methyl sites for hydroxylation is 4. The van der Waals surface area contributed by atoms with Crippen LogP contribution in [0.1, 0.15) is 133 Å². The van der Waals surface area contributed by atoms with Crippen LogP contribution in [0.25, 0.3) is 0 Å². The molecule has 1 aliphatic carbocycles. The van der Waals surface area contributed by atoms with Crippen LogP contribution in [-0.4, -0.2) is 6.10 Å². The highest BCUT2D eigenvalue weighted by Gasteiger charge is 2.26. The van der Waals surface area contributed by atoms with Gasteiger partial charge in [-0.1, -0.05) is 96.9 Å². The van der Waals surface area contributed by atoms with Gasteiger partial charge in [-0.3, -0.25) is 4.52 Å². The zero-order valence-corrected chi connectivity index (χ0v) is 25.6. The first-order valence-corrected chi connectivity index (χ1v) is 16.8. The Bertz CT molecular complexity index is 856. The molecule has 0 aliphatic heterocycles. The van der Waals surface area contributed by atoms with Gasteiger partial charge in [0, 0.05) is 0 Å². The van der Waals surface area contributed by atoms with Crippen molar-refractivity contribution in [2.45, 2.75) is 143 Å². The van der Waals surface area contributed by atoms with Crippen LogP contribution in [0.5, 0.6) is 11.5 Å². The van der Waals surface area contributed by atoms with Gasteiger partial charge in [0.2, 0.25) is 0 Å². The van der Waals surface area contributed by atoms with Gasteiger partial charge in [0.1, 0.15) is 11.5 Å². The highest BCUT2D eigenvalue weighted by Crippen LogP contribution is 2.47. The van der Waals surface area contributed by atoms with Gasteiger partial charge in [0.05, 0.1) is 6.10 Å². The van der Waals surface area contributed by atoms with Crippen LogP contribution in [0.15, 0.2) is 36.4 Å². The summed E-state index contributed by atoms with van der Waals surface area (Å²) in [4.78, 5) is 0. The summed E-state index contributed by atoms with van der Waals surface area (Å²) in [5, 5.41) is 0. The SMILES string of the molecule is CCCCc1ccc(OP(Oc2ccc(CCCC)cc2CCCC)OC2CCCCC2)c(CCCC)c1. The summed E-state index contributed by atoms with van der Waals surface area (Å²) in [5.41, 5.74) is 5.41. The molecule has 0 heterocycles. The largest absolute Gasteiger partial charge is 0.463 e. The van der Waals surface area contributed by atoms with E-state index < -0.39 is 8.60 Å². The van der Waals surface area contributed by atoms with E-state index in [1.807, 2.05) is 0 Å². The molecule has 4 heteroatoms. The summed E-state index contributed by atoms with van der Waals surface area (Å²) in [6.07, 6.45) is 20.1. The summed E-state index contributed by atoms with van der Waals surface area (Å²) >= 11 is 0. The zero-order valence-electron chi connectivity index (χ0n) is 24.7. The van der Waals surface area contributed by atoms with Gasteiger partial charge in [0.15, 0.2) is 0 Å². The summed E-state index contributed by atoms with van der Waals surface area (Å²) in [6.45, 7) is 9.03. The van der Waals surface area contributed by atoms with Crippen molar-refractivity contribution in [2.24, 2.45) is 0 Å². The van der Waals surface area contributed by atoms with Gasteiger partial charge in [-0.25, -0.2) is 0 Å². The Morgan fingerprint density at radius 1 is 0.605 bits per heavy atom. The summed E-state index contributed by atoms with van der Waals surface area (Å²) in [7, 11) is -1.54. The van der Waals surface area contributed by atoms with Crippen molar-refractivity contribution >= 4 is 8.60 Å². The Morgan fingerprint density at radius 3 is 1.50 bits per heavy atom. The molecule has 0 spiro atoms. The van der Waals surface area contributed by atoms with Gasteiger partial charge in [-0.05, 0) is 98.6 Å². The second-order valence-electron chi connectivity index (χ2n) is 11.1. The molecule has 0 bridgehead atoms. The molecular formula is C34H53O3P. The summed E-state index contributed by atoms with van der Waals surface area (Å²) in [5.74, 6) is 1.88. The summed E-state index contributed by atoms with van der Waals surface area (Å²) in [6, 6.07) is 13.6. The zero-order chi connectivity index (χ0) is 27.0. The fraction of sp³-hybridized carbons (Fsp3) is 0.647. The molecule has 0 atom stereocenters. The first-order valence-electron chi connectivity index (χ1n) is 15.7. The Labute approximate surface area is 235 Å². The van der Waals surface area contributed by atoms with E-state index in [-0.39, 0.29) is 6.10 Å². The van der Waals surface area contributed by atoms with Crippen molar-refractivity contribution in [2.75, 3.05) is 0 Å². The molecule has 2 aromatic rings. The molecule has 0 radical (unpaired) electrons. The molecule has 3 rings (SSSR count). The highest BCUT2D eigenvalue weighted by atomic mass is 31.2. The maximum Gasteiger partial charge on any atom is 0.463 e.